The highest BCUT2D eigenvalue weighted by molar-refractivity contribution is 5.38. The Morgan fingerprint density at radius 1 is 1.14 bits per heavy atom. The molecular weight excluding hydrogens is 175 g/mol. The maximum absolute atomic E-state index is 12.5. The van der Waals surface area contributed by atoms with Gasteiger partial charge in [0.15, 0.2) is 0 Å². The molecule has 77 valence electrons. The van der Waals surface area contributed by atoms with Crippen molar-refractivity contribution >= 4 is 0 Å². The molecule has 0 nitrogen and oxygen atoms in total. The van der Waals surface area contributed by atoms with Crippen LogP contribution in [0, 0.1) is 5.92 Å². The molecule has 0 saturated heterocycles. The van der Waals surface area contributed by atoms with Gasteiger partial charge in [0.1, 0.15) is 0 Å². The van der Waals surface area contributed by atoms with Gasteiger partial charge in [0, 0.05) is 5.92 Å². The van der Waals surface area contributed by atoms with Gasteiger partial charge in [0.05, 0.1) is 6.67 Å². The van der Waals surface area contributed by atoms with Crippen LogP contribution >= 0.6 is 0 Å². The fraction of sp³-hybridized carbons (Fsp3) is 0.462. The summed E-state index contributed by atoms with van der Waals surface area (Å²) < 4.78 is 12.5. The molecule has 1 radical (unpaired) electrons. The van der Waals surface area contributed by atoms with Crippen LogP contribution in [-0.2, 0) is 12.8 Å². The van der Waals surface area contributed by atoms with E-state index in [0.29, 0.717) is 0 Å². The molecular formula is C13H18F. The third-order valence-corrected chi connectivity index (χ3v) is 2.66. The van der Waals surface area contributed by atoms with Gasteiger partial charge >= 0.3 is 0 Å². The molecule has 0 bridgehead atoms. The maximum Gasteiger partial charge on any atom is 0.0997 e. The van der Waals surface area contributed by atoms with E-state index in [-0.39, 0.29) is 6.67 Å². The van der Waals surface area contributed by atoms with E-state index in [1.807, 2.05) is 13.0 Å². The highest BCUT2D eigenvalue weighted by Crippen LogP contribution is 2.20. The van der Waals surface area contributed by atoms with Gasteiger partial charge in [-0.25, -0.2) is 0 Å². The number of aryl methyl sites for hydroxylation is 2. The summed E-state index contributed by atoms with van der Waals surface area (Å²) in [5, 5.41) is 0. The molecule has 0 aliphatic rings. The van der Waals surface area contributed by atoms with Crippen LogP contribution in [0.2, 0.25) is 0 Å². The van der Waals surface area contributed by atoms with Crippen molar-refractivity contribution in [3.63, 3.8) is 0 Å². The van der Waals surface area contributed by atoms with Crippen LogP contribution in [0.1, 0.15) is 37.5 Å². The SMILES string of the molecule is CCc1ccc([C](C)CF)cc1CC. The molecule has 0 aliphatic heterocycles. The standard InChI is InChI=1S/C13H18F/c1-4-11-6-7-13(10(3)9-14)8-12(11)5-2/h6-8H,4-5,9H2,1-3H3. The van der Waals surface area contributed by atoms with Crippen molar-refractivity contribution < 1.29 is 4.39 Å². The zero-order valence-corrected chi connectivity index (χ0v) is 9.23. The van der Waals surface area contributed by atoms with Crippen molar-refractivity contribution in [1.82, 2.24) is 0 Å². The lowest BCUT2D eigenvalue weighted by Crippen LogP contribution is -2.00. The lowest BCUT2D eigenvalue weighted by Gasteiger charge is -2.11. The first-order valence-electron chi connectivity index (χ1n) is 5.23. The molecule has 1 heteroatoms. The van der Waals surface area contributed by atoms with Crippen molar-refractivity contribution in [2.75, 3.05) is 6.67 Å². The molecule has 1 rings (SSSR count). The Bertz CT molecular complexity index is 291. The third-order valence-electron chi connectivity index (χ3n) is 2.66. The molecule has 0 atom stereocenters. The van der Waals surface area contributed by atoms with Crippen molar-refractivity contribution in [3.8, 4) is 0 Å². The number of benzene rings is 1. The van der Waals surface area contributed by atoms with Crippen molar-refractivity contribution in [1.29, 1.82) is 0 Å². The summed E-state index contributed by atoms with van der Waals surface area (Å²) in [6.07, 6.45) is 2.08. The minimum Gasteiger partial charge on any atom is -0.250 e. The summed E-state index contributed by atoms with van der Waals surface area (Å²) in [6.45, 7) is 5.79. The normalized spacial score (nSPS) is 10.9. The highest BCUT2D eigenvalue weighted by atomic mass is 19.1. The van der Waals surface area contributed by atoms with Gasteiger partial charge in [0.2, 0.25) is 0 Å². The Labute approximate surface area is 86.2 Å². The van der Waals surface area contributed by atoms with E-state index in [0.717, 1.165) is 24.3 Å². The molecule has 0 heterocycles. The second kappa shape index (κ2) is 5.14. The van der Waals surface area contributed by atoms with Crippen LogP contribution in [0.25, 0.3) is 0 Å². The van der Waals surface area contributed by atoms with Gasteiger partial charge in [-0.05, 0) is 29.5 Å². The third kappa shape index (κ3) is 2.34. The Morgan fingerprint density at radius 3 is 2.29 bits per heavy atom. The smallest absolute Gasteiger partial charge is 0.0997 e. The quantitative estimate of drug-likeness (QED) is 0.683. The number of rotatable bonds is 4. The van der Waals surface area contributed by atoms with Gasteiger partial charge in [0.25, 0.3) is 0 Å². The Hall–Kier alpha value is -0.850. The zero-order chi connectivity index (χ0) is 10.6. The summed E-state index contributed by atoms with van der Waals surface area (Å²) in [5.41, 5.74) is 3.77. The van der Waals surface area contributed by atoms with E-state index >= 15 is 0 Å². The van der Waals surface area contributed by atoms with Crippen LogP contribution in [0.4, 0.5) is 4.39 Å². The molecule has 0 unspecified atom stereocenters. The molecule has 0 fully saturated rings. The monoisotopic (exact) mass is 193 g/mol. The molecule has 0 aromatic heterocycles. The van der Waals surface area contributed by atoms with E-state index in [1.54, 1.807) is 0 Å². The average molecular weight is 193 g/mol. The van der Waals surface area contributed by atoms with Crippen molar-refractivity contribution in [3.05, 3.63) is 40.8 Å². The molecule has 0 N–H and O–H groups in total. The first-order chi connectivity index (χ1) is 6.72. The summed E-state index contributed by atoms with van der Waals surface area (Å²) in [5.74, 6) is 0.822. The molecule has 0 amide bonds. The van der Waals surface area contributed by atoms with E-state index in [4.69, 9.17) is 0 Å². The lowest BCUT2D eigenvalue weighted by atomic mass is 9.95. The van der Waals surface area contributed by atoms with Gasteiger partial charge in [-0.2, -0.15) is 0 Å². The molecule has 1 aromatic carbocycles. The second-order valence-electron chi connectivity index (χ2n) is 3.60. The fourth-order valence-corrected chi connectivity index (χ4v) is 1.64. The van der Waals surface area contributed by atoms with Crippen LogP contribution in [0.5, 0.6) is 0 Å². The van der Waals surface area contributed by atoms with Crippen LogP contribution in [0.3, 0.4) is 0 Å². The number of halogens is 1. The fourth-order valence-electron chi connectivity index (χ4n) is 1.64. The second-order valence-corrected chi connectivity index (χ2v) is 3.60. The Morgan fingerprint density at radius 2 is 1.79 bits per heavy atom. The zero-order valence-electron chi connectivity index (χ0n) is 9.23. The summed E-state index contributed by atoms with van der Waals surface area (Å²) in [6, 6.07) is 6.26. The molecule has 14 heavy (non-hydrogen) atoms. The first kappa shape index (κ1) is 11.2. The van der Waals surface area contributed by atoms with Gasteiger partial charge in [-0.15, -0.1) is 0 Å². The van der Waals surface area contributed by atoms with E-state index in [1.165, 1.54) is 11.1 Å². The largest absolute Gasteiger partial charge is 0.250 e. The van der Waals surface area contributed by atoms with Crippen molar-refractivity contribution in [2.45, 2.75) is 33.6 Å². The average Bonchev–Trinajstić information content (AvgIpc) is 2.26. The van der Waals surface area contributed by atoms with Crippen molar-refractivity contribution in [2.24, 2.45) is 0 Å². The topological polar surface area (TPSA) is 0 Å². The minimum absolute atomic E-state index is 0.353. The highest BCUT2D eigenvalue weighted by Gasteiger charge is 2.07. The van der Waals surface area contributed by atoms with Crippen LogP contribution in [-0.4, -0.2) is 6.67 Å². The van der Waals surface area contributed by atoms with Gasteiger partial charge in [-0.1, -0.05) is 39.0 Å². The predicted molar refractivity (Wildman–Crippen MR) is 59.2 cm³/mol. The summed E-state index contributed by atoms with van der Waals surface area (Å²) >= 11 is 0. The predicted octanol–water partition coefficient (Wildman–Crippen LogP) is 3.72. The Kier molecular flexibility index (Phi) is 4.12. The Balaban J connectivity index is 3.01. The number of hydrogen-bond acceptors (Lipinski definition) is 0. The van der Waals surface area contributed by atoms with Crippen LogP contribution in [0.15, 0.2) is 18.2 Å². The number of hydrogen-bond donors (Lipinski definition) is 0. The van der Waals surface area contributed by atoms with Gasteiger partial charge < -0.3 is 0 Å². The summed E-state index contributed by atoms with van der Waals surface area (Å²) in [7, 11) is 0. The first-order valence-corrected chi connectivity index (χ1v) is 5.23. The van der Waals surface area contributed by atoms with E-state index in [2.05, 4.69) is 26.0 Å². The maximum atomic E-state index is 12.5. The molecule has 0 aliphatic carbocycles. The van der Waals surface area contributed by atoms with Gasteiger partial charge in [-0.3, -0.25) is 4.39 Å². The summed E-state index contributed by atoms with van der Waals surface area (Å²) in [4.78, 5) is 0. The number of alkyl halides is 1. The minimum atomic E-state index is -0.353. The lowest BCUT2D eigenvalue weighted by molar-refractivity contribution is 0.516. The molecule has 0 saturated carbocycles. The molecule has 1 aromatic rings. The van der Waals surface area contributed by atoms with Crippen LogP contribution < -0.4 is 0 Å². The van der Waals surface area contributed by atoms with E-state index in [9.17, 15) is 4.39 Å². The van der Waals surface area contributed by atoms with E-state index < -0.39 is 0 Å². The molecule has 0 spiro atoms.